The Hall–Kier alpha value is -0.180. The van der Waals surface area contributed by atoms with E-state index in [1.54, 1.807) is 0 Å². The normalized spacial score (nSPS) is 29.4. The van der Waals surface area contributed by atoms with Gasteiger partial charge in [0.2, 0.25) is 10.0 Å². The maximum atomic E-state index is 12.2. The van der Waals surface area contributed by atoms with E-state index in [4.69, 9.17) is 0 Å². The number of rotatable bonds is 5. The Morgan fingerprint density at radius 2 is 1.85 bits per heavy atom. The molecule has 0 bridgehead atoms. The zero-order chi connectivity index (χ0) is 14.9. The lowest BCUT2D eigenvalue weighted by molar-refractivity contribution is 0.0867. The predicted octanol–water partition coefficient (Wildman–Crippen LogP) is 0.0357. The van der Waals surface area contributed by atoms with Gasteiger partial charge in [-0.25, -0.2) is 21.6 Å². The van der Waals surface area contributed by atoms with Crippen molar-refractivity contribution in [3.63, 3.8) is 0 Å². The van der Waals surface area contributed by atoms with Gasteiger partial charge in [0.25, 0.3) is 0 Å². The second kappa shape index (κ2) is 5.90. The van der Waals surface area contributed by atoms with Crippen LogP contribution in [-0.4, -0.2) is 51.8 Å². The summed E-state index contributed by atoms with van der Waals surface area (Å²) < 4.78 is 49.6. The fraction of sp³-hybridized carbons (Fsp3) is 1.00. The first kappa shape index (κ1) is 16.2. The van der Waals surface area contributed by atoms with Crippen LogP contribution in [0.1, 0.15) is 38.5 Å². The fourth-order valence-electron chi connectivity index (χ4n) is 3.07. The largest absolute Gasteiger partial charge is 0.396 e. The van der Waals surface area contributed by atoms with Crippen molar-refractivity contribution in [2.45, 2.75) is 43.8 Å². The number of hydrogen-bond donors (Lipinski definition) is 2. The molecule has 2 N–H and O–H groups in total. The lowest BCUT2D eigenvalue weighted by Crippen LogP contribution is -2.44. The number of sulfone groups is 1. The summed E-state index contributed by atoms with van der Waals surface area (Å²) >= 11 is 0. The molecule has 20 heavy (non-hydrogen) atoms. The molecule has 118 valence electrons. The summed E-state index contributed by atoms with van der Waals surface area (Å²) in [6.45, 7) is 0.181. The Labute approximate surface area is 120 Å². The van der Waals surface area contributed by atoms with Crippen molar-refractivity contribution < 1.29 is 21.9 Å². The lowest BCUT2D eigenvalue weighted by atomic mass is 9.75. The summed E-state index contributed by atoms with van der Waals surface area (Å²) in [5, 5.41) is 8.72. The van der Waals surface area contributed by atoms with E-state index in [9.17, 15) is 21.9 Å². The van der Waals surface area contributed by atoms with Crippen molar-refractivity contribution in [3.05, 3.63) is 0 Å². The molecule has 1 heterocycles. The van der Waals surface area contributed by atoms with Crippen LogP contribution in [0.25, 0.3) is 0 Å². The Kier molecular flexibility index (Phi) is 4.78. The average Bonchev–Trinajstić information content (AvgIpc) is 2.79. The Morgan fingerprint density at radius 3 is 2.35 bits per heavy atom. The molecule has 8 heteroatoms. The number of nitrogens with one attached hydrogen (secondary N) is 1. The Morgan fingerprint density at radius 1 is 1.20 bits per heavy atom. The Bertz CT molecular complexity index is 534. The van der Waals surface area contributed by atoms with E-state index in [1.807, 2.05) is 0 Å². The fourth-order valence-corrected chi connectivity index (χ4v) is 7.27. The van der Waals surface area contributed by atoms with Crippen molar-refractivity contribution in [1.82, 2.24) is 4.72 Å². The highest BCUT2D eigenvalue weighted by Gasteiger charge is 2.39. The standard InChI is InChI=1S/C12H23NO5S2/c14-10-12(5-2-1-3-6-12)9-13-20(17,18)11-4-7-19(15,16)8-11/h11,13-14H,1-10H2. The minimum Gasteiger partial charge on any atom is -0.396 e. The molecule has 2 aliphatic rings. The van der Waals surface area contributed by atoms with Gasteiger partial charge in [0.1, 0.15) is 0 Å². The van der Waals surface area contributed by atoms with Gasteiger partial charge in [-0.2, -0.15) is 0 Å². The van der Waals surface area contributed by atoms with Crippen LogP contribution in [-0.2, 0) is 19.9 Å². The molecule has 0 aromatic rings. The molecule has 0 radical (unpaired) electrons. The number of hydrogen-bond acceptors (Lipinski definition) is 5. The highest BCUT2D eigenvalue weighted by molar-refractivity contribution is 7.95. The molecule has 1 saturated carbocycles. The summed E-state index contributed by atoms with van der Waals surface area (Å²) in [6.07, 6.45) is 4.92. The van der Waals surface area contributed by atoms with Crippen LogP contribution in [0.2, 0.25) is 0 Å². The van der Waals surface area contributed by atoms with Gasteiger partial charge in [-0.15, -0.1) is 0 Å². The van der Waals surface area contributed by atoms with E-state index in [0.717, 1.165) is 32.1 Å². The molecular formula is C12H23NO5S2. The van der Waals surface area contributed by atoms with Gasteiger partial charge >= 0.3 is 0 Å². The van der Waals surface area contributed by atoms with Gasteiger partial charge < -0.3 is 5.11 Å². The van der Waals surface area contributed by atoms with E-state index in [0.29, 0.717) is 0 Å². The minimum absolute atomic E-state index is 0.0293. The molecule has 1 atom stereocenters. The first-order chi connectivity index (χ1) is 9.29. The van der Waals surface area contributed by atoms with E-state index >= 15 is 0 Å². The molecule has 2 fully saturated rings. The van der Waals surface area contributed by atoms with E-state index < -0.39 is 25.1 Å². The molecule has 1 aliphatic carbocycles. The second-order valence-electron chi connectivity index (χ2n) is 6.11. The maximum Gasteiger partial charge on any atom is 0.215 e. The molecule has 1 aliphatic heterocycles. The monoisotopic (exact) mass is 325 g/mol. The van der Waals surface area contributed by atoms with Crippen LogP contribution in [0.3, 0.4) is 0 Å². The number of sulfonamides is 1. The van der Waals surface area contributed by atoms with Gasteiger partial charge in [-0.1, -0.05) is 19.3 Å². The van der Waals surface area contributed by atoms with Crippen molar-refractivity contribution >= 4 is 19.9 Å². The molecular weight excluding hydrogens is 302 g/mol. The van der Waals surface area contributed by atoms with Crippen molar-refractivity contribution in [2.75, 3.05) is 24.7 Å². The average molecular weight is 325 g/mol. The maximum absolute atomic E-state index is 12.2. The first-order valence-corrected chi connectivity index (χ1v) is 10.5. The van der Waals surface area contributed by atoms with Gasteiger partial charge in [0.05, 0.1) is 16.8 Å². The summed E-state index contributed by atoms with van der Waals surface area (Å²) in [5.74, 6) is -0.335. The van der Waals surface area contributed by atoms with Crippen molar-refractivity contribution in [1.29, 1.82) is 0 Å². The van der Waals surface area contributed by atoms with Gasteiger partial charge in [0.15, 0.2) is 9.84 Å². The van der Waals surface area contributed by atoms with Crippen molar-refractivity contribution in [2.24, 2.45) is 5.41 Å². The summed E-state index contributed by atoms with van der Waals surface area (Å²) in [4.78, 5) is 0. The highest BCUT2D eigenvalue weighted by Crippen LogP contribution is 2.35. The van der Waals surface area contributed by atoms with Crippen LogP contribution in [0.15, 0.2) is 0 Å². The second-order valence-corrected chi connectivity index (χ2v) is 10.4. The van der Waals surface area contributed by atoms with E-state index in [2.05, 4.69) is 4.72 Å². The van der Waals surface area contributed by atoms with Crippen LogP contribution in [0.5, 0.6) is 0 Å². The van der Waals surface area contributed by atoms with Crippen LogP contribution < -0.4 is 4.72 Å². The molecule has 0 amide bonds. The van der Waals surface area contributed by atoms with Gasteiger partial charge in [-0.3, -0.25) is 0 Å². The van der Waals surface area contributed by atoms with Crippen molar-refractivity contribution in [3.8, 4) is 0 Å². The lowest BCUT2D eigenvalue weighted by Gasteiger charge is -2.35. The molecule has 0 spiro atoms. The minimum atomic E-state index is -3.62. The molecule has 0 aromatic heterocycles. The first-order valence-electron chi connectivity index (χ1n) is 7.08. The van der Waals surface area contributed by atoms with Gasteiger partial charge in [-0.05, 0) is 19.3 Å². The van der Waals surface area contributed by atoms with E-state index in [1.165, 1.54) is 0 Å². The molecule has 1 unspecified atom stereocenters. The topological polar surface area (TPSA) is 101 Å². The smallest absolute Gasteiger partial charge is 0.215 e. The van der Waals surface area contributed by atoms with Crippen LogP contribution in [0.4, 0.5) is 0 Å². The third-order valence-electron chi connectivity index (χ3n) is 4.53. The highest BCUT2D eigenvalue weighted by atomic mass is 32.2. The van der Waals surface area contributed by atoms with Crippen LogP contribution >= 0.6 is 0 Å². The zero-order valence-electron chi connectivity index (χ0n) is 11.5. The third-order valence-corrected chi connectivity index (χ3v) is 8.33. The molecule has 2 rings (SSSR count). The summed E-state index contributed by atoms with van der Waals surface area (Å²) in [5.41, 5.74) is -0.372. The van der Waals surface area contributed by atoms with Crippen LogP contribution in [0, 0.1) is 5.41 Å². The summed E-state index contributed by atoms with van der Waals surface area (Å²) in [6, 6.07) is 0. The molecule has 1 saturated heterocycles. The summed E-state index contributed by atoms with van der Waals surface area (Å²) in [7, 11) is -6.83. The van der Waals surface area contributed by atoms with E-state index in [-0.39, 0.29) is 36.5 Å². The number of aliphatic hydroxyl groups is 1. The van der Waals surface area contributed by atoms with Gasteiger partial charge in [0, 0.05) is 18.6 Å². The molecule has 0 aromatic carbocycles. The molecule has 6 nitrogen and oxygen atoms in total. The Balaban J connectivity index is 1.98. The predicted molar refractivity (Wildman–Crippen MR) is 76.6 cm³/mol. The third kappa shape index (κ3) is 3.72. The quantitative estimate of drug-likeness (QED) is 0.743. The number of aliphatic hydroxyl groups excluding tert-OH is 1. The SMILES string of the molecule is O=S1(=O)CCC(S(=O)(=O)NCC2(CO)CCCCC2)C1. The zero-order valence-corrected chi connectivity index (χ0v) is 13.2.